The molecule has 1 amide bonds. The van der Waals surface area contributed by atoms with Crippen LogP contribution in [0.2, 0.25) is 0 Å². The lowest BCUT2D eigenvalue weighted by Crippen LogP contribution is -2.71. The molecular weight excluding hydrogens is 1020 g/mol. The van der Waals surface area contributed by atoms with Crippen LogP contribution >= 0.6 is 22.6 Å². The number of aliphatic hydroxyl groups is 1. The van der Waals surface area contributed by atoms with Crippen molar-refractivity contribution in [2.24, 2.45) is 23.7 Å². The zero-order valence-corrected chi connectivity index (χ0v) is 43.8. The summed E-state index contributed by atoms with van der Waals surface area (Å²) in [7, 11) is 3.46. The number of nitrogens with zero attached hydrogens (tertiary/aromatic N) is 9. The lowest BCUT2D eigenvalue weighted by Gasteiger charge is -2.54. The van der Waals surface area contributed by atoms with Crippen molar-refractivity contribution in [2.75, 3.05) is 53.4 Å². The van der Waals surface area contributed by atoms with Gasteiger partial charge in [0.15, 0.2) is 21.8 Å². The molecule has 0 spiro atoms. The Bertz CT molecular complexity index is 2300. The molecule has 0 saturated carbocycles. The standard InChI is InChI=1S/C49H71IN10O10/c1-29-24-48(5,66-8)43(68-45-41(63)37(23-30(2)67-45)56(7)18-13-34-26-59(55-54-34)22-21-57-19-15-51-16-20-57)31(3)40(62)32(4)44(64)69-46(50)49(6)42-38(39(29)61)36(60(42)47(65)70-49)12-10-17-58-27-35(53-28-58)33-11-9-14-52-25-33/h9,11,14,25-32,36-38,41-43,45-46,51,63H,10,12-13,15-24H2,1-8H3/t29-,30-,31?,32-,36?,37+,38+,41-,42-,43-,45+,46+,48-,49+/m1/s1. The van der Waals surface area contributed by atoms with Gasteiger partial charge in [-0.2, -0.15) is 0 Å². The monoisotopic (exact) mass is 1090 g/mol. The Morgan fingerprint density at radius 1 is 1.04 bits per heavy atom. The molecule has 8 heterocycles. The number of imidazole rings is 1. The highest BCUT2D eigenvalue weighted by Crippen LogP contribution is 2.53. The molecule has 5 aliphatic rings. The maximum Gasteiger partial charge on any atom is 0.411 e. The van der Waals surface area contributed by atoms with E-state index in [-0.39, 0.29) is 24.3 Å². The SMILES string of the molecule is CO[C@]1(C)C[C@@H](C)C(=O)[C@@H]2C(CCCn3cnc(-c4cccnc4)c3)N3C(=O)O[C@](C)([C@@H](I)OC(=O)[C@H](C)C(=O)C(C)[C@H]1O[C@@H]1O[C@H](C)C[C@H](N(C)CCc4cn(CCN5CCNCC5)nn4)[C@H]1O)[C@@H]23. The van der Waals surface area contributed by atoms with Crippen molar-refractivity contribution in [1.29, 1.82) is 0 Å². The van der Waals surface area contributed by atoms with Crippen LogP contribution in [0, 0.1) is 23.7 Å². The number of Topliss-reactive ketones (excluding diaryl/α,β-unsaturated/α-hetero) is 2. The number of aryl methyl sites for hydroxylation is 1. The number of halogens is 1. The Labute approximate surface area is 424 Å². The number of nitrogens with one attached hydrogen (secondary N) is 1. The Balaban J connectivity index is 0.992. The number of esters is 1. The van der Waals surface area contributed by atoms with Crippen LogP contribution in [0.5, 0.6) is 0 Å². The van der Waals surface area contributed by atoms with E-state index in [4.69, 9.17) is 23.7 Å². The van der Waals surface area contributed by atoms with Crippen LogP contribution in [-0.2, 0) is 57.6 Å². The number of pyridine rings is 1. The molecular formula is C49H71IN10O10. The van der Waals surface area contributed by atoms with E-state index in [0.717, 1.165) is 56.2 Å². The highest BCUT2D eigenvalue weighted by molar-refractivity contribution is 14.1. The normalized spacial score (nSPS) is 35.6. The molecule has 8 rings (SSSR count). The summed E-state index contributed by atoms with van der Waals surface area (Å²) in [6.07, 6.45) is 7.18. The van der Waals surface area contributed by atoms with Gasteiger partial charge in [0.25, 0.3) is 0 Å². The zero-order valence-electron chi connectivity index (χ0n) is 41.7. The zero-order chi connectivity index (χ0) is 50.1. The second kappa shape index (κ2) is 22.0. The number of piperazine rings is 1. The number of methoxy groups -OCH3 is 1. The van der Waals surface area contributed by atoms with E-state index >= 15 is 4.79 Å². The first-order chi connectivity index (χ1) is 33.4. The van der Waals surface area contributed by atoms with Crippen molar-refractivity contribution in [3.8, 4) is 11.3 Å². The van der Waals surface area contributed by atoms with Crippen LogP contribution in [0.4, 0.5) is 4.79 Å². The van der Waals surface area contributed by atoms with Crippen LogP contribution in [0.25, 0.3) is 11.3 Å². The molecule has 5 fully saturated rings. The summed E-state index contributed by atoms with van der Waals surface area (Å²) in [5, 5.41) is 24.3. The second-order valence-electron chi connectivity index (χ2n) is 20.5. The second-order valence-corrected chi connectivity index (χ2v) is 21.7. The molecule has 14 atom stereocenters. The van der Waals surface area contributed by atoms with Crippen molar-refractivity contribution in [2.45, 2.75) is 145 Å². The summed E-state index contributed by atoms with van der Waals surface area (Å²) >= 11 is 1.94. The number of aromatic nitrogens is 6. The van der Waals surface area contributed by atoms with Crippen LogP contribution in [0.15, 0.2) is 43.2 Å². The van der Waals surface area contributed by atoms with Gasteiger partial charge in [0.1, 0.15) is 17.8 Å². The number of carbonyl (C=O) groups is 4. The van der Waals surface area contributed by atoms with E-state index < -0.39 is 87.4 Å². The van der Waals surface area contributed by atoms with Crippen molar-refractivity contribution >= 4 is 46.2 Å². The van der Waals surface area contributed by atoms with Gasteiger partial charge in [-0.1, -0.05) is 19.1 Å². The quantitative estimate of drug-likeness (QED) is 0.0965. The number of rotatable bonds is 15. The van der Waals surface area contributed by atoms with Crippen LogP contribution < -0.4 is 5.32 Å². The summed E-state index contributed by atoms with van der Waals surface area (Å²) in [5.74, 6) is -4.96. The largest absolute Gasteiger partial charge is 0.447 e. The summed E-state index contributed by atoms with van der Waals surface area (Å²) in [6, 6.07) is 2.20. The van der Waals surface area contributed by atoms with Crippen molar-refractivity contribution < 1.29 is 48.0 Å². The van der Waals surface area contributed by atoms with Gasteiger partial charge in [0.05, 0.1) is 54.0 Å². The van der Waals surface area contributed by atoms with Crippen LogP contribution in [0.3, 0.4) is 0 Å². The number of amides is 1. The molecule has 384 valence electrons. The minimum atomic E-state index is -1.39. The fourth-order valence-corrected chi connectivity index (χ4v) is 12.1. The van der Waals surface area contributed by atoms with E-state index in [1.165, 1.54) is 14.0 Å². The fourth-order valence-electron chi connectivity index (χ4n) is 11.4. The van der Waals surface area contributed by atoms with Gasteiger partial charge in [0.2, 0.25) is 0 Å². The minimum Gasteiger partial charge on any atom is -0.447 e. The Hall–Kier alpha value is -3.97. The Morgan fingerprint density at radius 2 is 1.81 bits per heavy atom. The van der Waals surface area contributed by atoms with E-state index in [9.17, 15) is 19.5 Å². The van der Waals surface area contributed by atoms with E-state index in [0.29, 0.717) is 38.8 Å². The highest BCUT2D eigenvalue weighted by Gasteiger charge is 2.70. The Kier molecular flexibility index (Phi) is 16.5. The van der Waals surface area contributed by atoms with E-state index in [1.807, 2.05) is 77.3 Å². The fraction of sp³-hybridized carbons (Fsp3) is 0.714. The van der Waals surface area contributed by atoms with Crippen molar-refractivity contribution in [1.82, 2.24) is 49.5 Å². The molecule has 0 aromatic carbocycles. The molecule has 21 heteroatoms. The number of hydrogen-bond acceptors (Lipinski definition) is 17. The Morgan fingerprint density at radius 3 is 2.54 bits per heavy atom. The third-order valence-corrected chi connectivity index (χ3v) is 17.1. The van der Waals surface area contributed by atoms with Crippen molar-refractivity contribution in [3.05, 3.63) is 48.9 Å². The van der Waals surface area contributed by atoms with Gasteiger partial charge in [-0.15, -0.1) is 5.10 Å². The number of alkyl halides is 1. The van der Waals surface area contributed by atoms with Gasteiger partial charge in [0, 0.05) is 114 Å². The molecule has 5 saturated heterocycles. The molecule has 0 aliphatic carbocycles. The number of ether oxygens (including phenoxy) is 5. The maximum atomic E-state index is 15.1. The lowest BCUT2D eigenvalue weighted by molar-refractivity contribution is -0.296. The minimum absolute atomic E-state index is 0.109. The summed E-state index contributed by atoms with van der Waals surface area (Å²) in [6.45, 7) is 17.2. The van der Waals surface area contributed by atoms with Crippen molar-refractivity contribution in [3.63, 3.8) is 0 Å². The summed E-state index contributed by atoms with van der Waals surface area (Å²) < 4.78 is 34.4. The predicted molar refractivity (Wildman–Crippen MR) is 263 cm³/mol. The molecule has 3 aromatic rings. The number of carbonyl (C=O) groups excluding carboxylic acids is 4. The van der Waals surface area contributed by atoms with Gasteiger partial charge in [-0.3, -0.25) is 33.8 Å². The highest BCUT2D eigenvalue weighted by atomic mass is 127. The molecule has 2 N–H and O–H groups in total. The van der Waals surface area contributed by atoms with Crippen LogP contribution in [0.1, 0.15) is 72.9 Å². The van der Waals surface area contributed by atoms with Gasteiger partial charge >= 0.3 is 12.1 Å². The molecule has 0 radical (unpaired) electrons. The third kappa shape index (κ3) is 10.9. The van der Waals surface area contributed by atoms with Gasteiger partial charge < -0.3 is 43.6 Å². The lowest BCUT2D eigenvalue weighted by atomic mass is 9.66. The predicted octanol–water partition coefficient (Wildman–Crippen LogP) is 3.38. The number of ketones is 2. The average molecular weight is 1090 g/mol. The first-order valence-electron chi connectivity index (χ1n) is 24.8. The number of aliphatic hydroxyl groups excluding tert-OH is 1. The third-order valence-electron chi connectivity index (χ3n) is 15.6. The molecule has 0 bridgehead atoms. The van der Waals surface area contributed by atoms with Crippen LogP contribution in [-0.4, -0.2) is 184 Å². The number of hydrogen-bond donors (Lipinski definition) is 2. The topological polar surface area (TPSA) is 218 Å². The first kappa shape index (κ1) is 52.4. The van der Waals surface area contributed by atoms with E-state index in [1.54, 1.807) is 44.4 Å². The first-order valence-corrected chi connectivity index (χ1v) is 26.1. The maximum absolute atomic E-state index is 15.1. The average Bonchev–Trinajstić information content (AvgIpc) is 4.07. The molecule has 70 heavy (non-hydrogen) atoms. The molecule has 20 nitrogen and oxygen atoms in total. The molecule has 2 unspecified atom stereocenters. The van der Waals surface area contributed by atoms with Gasteiger partial charge in [-0.05, 0) is 95.1 Å². The summed E-state index contributed by atoms with van der Waals surface area (Å²) in [4.78, 5) is 72.2. The number of likely N-dealkylation sites (N-methyl/N-ethyl adjacent to an activating group) is 1. The van der Waals surface area contributed by atoms with Gasteiger partial charge in [-0.25, -0.2) is 9.78 Å². The summed E-state index contributed by atoms with van der Waals surface area (Å²) in [5.41, 5.74) is -0.165. The molecule has 5 aliphatic heterocycles. The smallest absolute Gasteiger partial charge is 0.411 e. The molecule has 3 aromatic heterocycles. The van der Waals surface area contributed by atoms with E-state index in [2.05, 4.69) is 35.4 Å². The number of cyclic esters (lactones) is 1.